The number of rotatable bonds is 1. The molecule has 0 aliphatic rings. The highest BCUT2D eigenvalue weighted by Gasteiger charge is 2.14. The molecule has 3 heteroatoms. The normalized spacial score (nSPS) is 10.8. The number of fused-ring (bicyclic) bond motifs is 1. The Bertz CT molecular complexity index is 773. The Balaban J connectivity index is 2.17. The zero-order valence-electron chi connectivity index (χ0n) is 10.4. The van der Waals surface area contributed by atoms with Crippen molar-refractivity contribution in [2.24, 2.45) is 0 Å². The van der Waals surface area contributed by atoms with Gasteiger partial charge in [-0.2, -0.15) is 0 Å². The highest BCUT2D eigenvalue weighted by molar-refractivity contribution is 9.10. The van der Waals surface area contributed by atoms with Gasteiger partial charge in [0.25, 0.3) is 5.91 Å². The van der Waals surface area contributed by atoms with Crippen LogP contribution in [0.15, 0.2) is 59.2 Å². The minimum atomic E-state index is -0.0169. The number of carbonyl (C=O) groups excluding carboxylic acids is 1. The molecule has 0 amide bonds. The molecule has 0 N–H and O–H groups in total. The molecule has 0 saturated carbocycles. The minimum absolute atomic E-state index is 0.0169. The SMILES string of the molecule is Cc1cccc(C(=O)n2ccc3ccccc32)c1Br. The summed E-state index contributed by atoms with van der Waals surface area (Å²) >= 11 is 3.50. The van der Waals surface area contributed by atoms with Crippen molar-refractivity contribution in [2.45, 2.75) is 6.92 Å². The third kappa shape index (κ3) is 2.00. The third-order valence-electron chi connectivity index (χ3n) is 3.24. The maximum atomic E-state index is 12.6. The van der Waals surface area contributed by atoms with Gasteiger partial charge in [-0.05, 0) is 46.6 Å². The molecule has 2 aromatic carbocycles. The Labute approximate surface area is 119 Å². The average molecular weight is 314 g/mol. The molecule has 0 unspecified atom stereocenters. The van der Waals surface area contributed by atoms with Crippen molar-refractivity contribution >= 4 is 32.7 Å². The van der Waals surface area contributed by atoms with Crippen LogP contribution in [0.1, 0.15) is 15.9 Å². The summed E-state index contributed by atoms with van der Waals surface area (Å²) in [5, 5.41) is 1.07. The van der Waals surface area contributed by atoms with E-state index in [9.17, 15) is 4.79 Å². The molecular formula is C16H12BrNO. The number of halogens is 1. The summed E-state index contributed by atoms with van der Waals surface area (Å²) in [7, 11) is 0. The lowest BCUT2D eigenvalue weighted by Gasteiger charge is -2.08. The molecule has 1 aromatic heterocycles. The van der Waals surface area contributed by atoms with Crippen molar-refractivity contribution < 1.29 is 4.79 Å². The van der Waals surface area contributed by atoms with Crippen LogP contribution in [0.4, 0.5) is 0 Å². The van der Waals surface area contributed by atoms with Gasteiger partial charge < -0.3 is 0 Å². The van der Waals surface area contributed by atoms with E-state index in [4.69, 9.17) is 0 Å². The highest BCUT2D eigenvalue weighted by atomic mass is 79.9. The fraction of sp³-hybridized carbons (Fsp3) is 0.0625. The summed E-state index contributed by atoms with van der Waals surface area (Å²) in [5.41, 5.74) is 2.67. The first-order valence-electron chi connectivity index (χ1n) is 6.04. The van der Waals surface area contributed by atoms with Crippen LogP contribution in [-0.2, 0) is 0 Å². The van der Waals surface area contributed by atoms with Crippen LogP contribution in [0.2, 0.25) is 0 Å². The molecule has 0 aliphatic heterocycles. The van der Waals surface area contributed by atoms with Crippen molar-refractivity contribution in [2.75, 3.05) is 0 Å². The smallest absolute Gasteiger partial charge is 0.263 e. The number of carbonyl (C=O) groups is 1. The molecule has 0 saturated heterocycles. The maximum absolute atomic E-state index is 12.6. The lowest BCUT2D eigenvalue weighted by Crippen LogP contribution is -2.11. The Morgan fingerprint density at radius 3 is 2.68 bits per heavy atom. The van der Waals surface area contributed by atoms with Gasteiger partial charge in [0.05, 0.1) is 11.1 Å². The monoisotopic (exact) mass is 313 g/mol. The predicted octanol–water partition coefficient (Wildman–Crippen LogP) is 4.40. The quantitative estimate of drug-likeness (QED) is 0.652. The summed E-state index contributed by atoms with van der Waals surface area (Å²) in [6.07, 6.45) is 1.82. The number of para-hydroxylation sites is 1. The first-order chi connectivity index (χ1) is 9.18. The topological polar surface area (TPSA) is 22.0 Å². The first-order valence-corrected chi connectivity index (χ1v) is 6.83. The lowest BCUT2D eigenvalue weighted by molar-refractivity contribution is 0.0964. The van der Waals surface area contributed by atoms with Gasteiger partial charge in [0.15, 0.2) is 0 Å². The molecule has 0 spiro atoms. The predicted molar refractivity (Wildman–Crippen MR) is 80.5 cm³/mol. The van der Waals surface area contributed by atoms with Gasteiger partial charge in [0.1, 0.15) is 0 Å². The summed E-state index contributed by atoms with van der Waals surface area (Å²) < 4.78 is 2.55. The summed E-state index contributed by atoms with van der Waals surface area (Å²) in [4.78, 5) is 12.6. The maximum Gasteiger partial charge on any atom is 0.263 e. The van der Waals surface area contributed by atoms with Crippen LogP contribution in [-0.4, -0.2) is 10.5 Å². The molecule has 19 heavy (non-hydrogen) atoms. The van der Waals surface area contributed by atoms with Crippen LogP contribution in [0.5, 0.6) is 0 Å². The van der Waals surface area contributed by atoms with E-state index < -0.39 is 0 Å². The van der Waals surface area contributed by atoms with Crippen molar-refractivity contribution in [3.8, 4) is 0 Å². The van der Waals surface area contributed by atoms with E-state index in [0.717, 1.165) is 20.9 Å². The van der Waals surface area contributed by atoms with Crippen LogP contribution < -0.4 is 0 Å². The number of aryl methyl sites for hydroxylation is 1. The summed E-state index contributed by atoms with van der Waals surface area (Å²) in [5.74, 6) is -0.0169. The van der Waals surface area contributed by atoms with Gasteiger partial charge in [-0.25, -0.2) is 0 Å². The lowest BCUT2D eigenvalue weighted by atomic mass is 10.1. The van der Waals surface area contributed by atoms with Crippen molar-refractivity contribution in [3.05, 3.63) is 70.3 Å². The molecule has 94 valence electrons. The Kier molecular flexibility index (Phi) is 2.99. The molecule has 0 aliphatic carbocycles. The number of nitrogens with zero attached hydrogens (tertiary/aromatic N) is 1. The van der Waals surface area contributed by atoms with E-state index in [1.165, 1.54) is 0 Å². The van der Waals surface area contributed by atoms with Crippen LogP contribution in [0, 0.1) is 6.92 Å². The van der Waals surface area contributed by atoms with Crippen molar-refractivity contribution in [1.29, 1.82) is 0 Å². The van der Waals surface area contributed by atoms with E-state index in [1.807, 2.05) is 61.7 Å². The fourth-order valence-electron chi connectivity index (χ4n) is 2.20. The van der Waals surface area contributed by atoms with Gasteiger partial charge in [-0.1, -0.05) is 30.3 Å². The molecule has 1 heterocycles. The Morgan fingerprint density at radius 1 is 1.05 bits per heavy atom. The number of aromatic nitrogens is 1. The molecule has 0 fully saturated rings. The zero-order valence-corrected chi connectivity index (χ0v) is 12.0. The molecule has 0 bridgehead atoms. The van der Waals surface area contributed by atoms with Crippen LogP contribution in [0.25, 0.3) is 10.9 Å². The van der Waals surface area contributed by atoms with E-state index in [0.29, 0.717) is 5.56 Å². The van der Waals surface area contributed by atoms with Crippen LogP contribution in [0.3, 0.4) is 0 Å². The summed E-state index contributed by atoms with van der Waals surface area (Å²) in [6, 6.07) is 15.6. The number of hydrogen-bond acceptors (Lipinski definition) is 1. The van der Waals surface area contributed by atoms with Gasteiger partial charge in [0.2, 0.25) is 0 Å². The van der Waals surface area contributed by atoms with Gasteiger partial charge >= 0.3 is 0 Å². The fourth-order valence-corrected chi connectivity index (χ4v) is 2.64. The highest BCUT2D eigenvalue weighted by Crippen LogP contribution is 2.24. The molecule has 3 aromatic rings. The molecule has 3 rings (SSSR count). The Morgan fingerprint density at radius 2 is 1.84 bits per heavy atom. The van der Waals surface area contributed by atoms with E-state index in [1.54, 1.807) is 4.57 Å². The Hall–Kier alpha value is -1.87. The van der Waals surface area contributed by atoms with Crippen molar-refractivity contribution in [3.63, 3.8) is 0 Å². The second kappa shape index (κ2) is 4.67. The second-order valence-corrected chi connectivity index (χ2v) is 5.28. The van der Waals surface area contributed by atoms with E-state index in [2.05, 4.69) is 15.9 Å². The van der Waals surface area contributed by atoms with Crippen molar-refractivity contribution in [1.82, 2.24) is 4.57 Å². The third-order valence-corrected chi connectivity index (χ3v) is 4.29. The second-order valence-electron chi connectivity index (χ2n) is 4.49. The van der Waals surface area contributed by atoms with E-state index in [-0.39, 0.29) is 5.91 Å². The molecule has 2 nitrogen and oxygen atoms in total. The average Bonchev–Trinajstić information content (AvgIpc) is 2.85. The van der Waals surface area contributed by atoms with Gasteiger partial charge in [-0.3, -0.25) is 9.36 Å². The number of hydrogen-bond donors (Lipinski definition) is 0. The largest absolute Gasteiger partial charge is 0.283 e. The standard InChI is InChI=1S/C16H12BrNO/c1-11-5-4-7-13(15(11)17)16(19)18-10-9-12-6-2-3-8-14(12)18/h2-10H,1H3. The molecule has 0 radical (unpaired) electrons. The minimum Gasteiger partial charge on any atom is -0.283 e. The van der Waals surface area contributed by atoms with Crippen LogP contribution >= 0.6 is 15.9 Å². The number of benzene rings is 2. The summed E-state index contributed by atoms with van der Waals surface area (Å²) in [6.45, 7) is 1.98. The van der Waals surface area contributed by atoms with Gasteiger partial charge in [0, 0.05) is 16.1 Å². The molecule has 0 atom stereocenters. The molecular weight excluding hydrogens is 302 g/mol. The van der Waals surface area contributed by atoms with Gasteiger partial charge in [-0.15, -0.1) is 0 Å². The zero-order chi connectivity index (χ0) is 13.4. The van der Waals surface area contributed by atoms with E-state index >= 15 is 0 Å². The first kappa shape index (κ1) is 12.2.